The molecule has 0 saturated heterocycles. The van der Waals surface area contributed by atoms with Gasteiger partial charge in [-0.05, 0) is 43.5 Å². The summed E-state index contributed by atoms with van der Waals surface area (Å²) in [6.45, 7) is 1.67. The summed E-state index contributed by atoms with van der Waals surface area (Å²) >= 11 is 12.5. The van der Waals surface area contributed by atoms with Gasteiger partial charge in [-0.15, -0.1) is 0 Å². The molecule has 2 rings (SSSR count). The van der Waals surface area contributed by atoms with Crippen LogP contribution in [0.5, 0.6) is 5.88 Å². The van der Waals surface area contributed by atoms with Crippen LogP contribution >= 0.6 is 30.1 Å². The van der Waals surface area contributed by atoms with Gasteiger partial charge in [-0.3, -0.25) is 0 Å². The van der Waals surface area contributed by atoms with E-state index in [9.17, 15) is 8.78 Å². The van der Waals surface area contributed by atoms with Gasteiger partial charge >= 0.3 is 6.61 Å². The molecule has 0 spiro atoms. The standard InChI is InChI=1S/C17H19Cl2F2N2OP/c1-10-8-13(18)11(6-7-25(3,4)5)9-12(10)15-14(19)16(23(2)22-15)24-17(20)21/h6-9,17H,3H2,1-2,4-5H3/b7-6+. The van der Waals surface area contributed by atoms with Crippen LogP contribution in [0.25, 0.3) is 17.3 Å². The summed E-state index contributed by atoms with van der Waals surface area (Å²) in [5.74, 6) is 1.86. The molecule has 0 aliphatic rings. The zero-order valence-corrected chi connectivity index (χ0v) is 16.8. The van der Waals surface area contributed by atoms with E-state index in [1.54, 1.807) is 6.07 Å². The van der Waals surface area contributed by atoms with Gasteiger partial charge in [-0.1, -0.05) is 48.3 Å². The summed E-state index contributed by atoms with van der Waals surface area (Å²) in [6.07, 6.45) is 6.04. The number of hydrogen-bond donors (Lipinski definition) is 0. The Morgan fingerprint density at radius 1 is 1.32 bits per heavy atom. The number of benzene rings is 1. The normalized spacial score (nSPS) is 12.4. The van der Waals surface area contributed by atoms with Crippen molar-refractivity contribution in [1.29, 1.82) is 0 Å². The van der Waals surface area contributed by atoms with E-state index in [4.69, 9.17) is 23.2 Å². The highest BCUT2D eigenvalue weighted by Crippen LogP contribution is 2.41. The van der Waals surface area contributed by atoms with Crippen LogP contribution in [0.1, 0.15) is 11.1 Å². The molecule has 1 aromatic heterocycles. The Kier molecular flexibility index (Phi) is 6.03. The lowest BCUT2D eigenvalue weighted by Gasteiger charge is -2.09. The summed E-state index contributed by atoms with van der Waals surface area (Å²) in [6, 6.07) is 3.63. The van der Waals surface area contributed by atoms with Crippen molar-refractivity contribution in [1.82, 2.24) is 9.78 Å². The van der Waals surface area contributed by atoms with E-state index in [2.05, 4.69) is 29.5 Å². The Morgan fingerprint density at radius 3 is 2.52 bits per heavy atom. The molecule has 0 unspecified atom stereocenters. The van der Waals surface area contributed by atoms with E-state index in [1.807, 2.05) is 24.9 Å². The summed E-state index contributed by atoms with van der Waals surface area (Å²) in [5, 5.41) is 4.85. The molecule has 0 N–H and O–H groups in total. The largest absolute Gasteiger partial charge is 0.416 e. The summed E-state index contributed by atoms with van der Waals surface area (Å²) in [4.78, 5) is 0. The van der Waals surface area contributed by atoms with Gasteiger partial charge in [0, 0.05) is 17.6 Å². The third-order valence-electron chi connectivity index (χ3n) is 3.40. The summed E-state index contributed by atoms with van der Waals surface area (Å²) in [5.41, 5.74) is 2.69. The number of rotatable bonds is 5. The van der Waals surface area contributed by atoms with Crippen LogP contribution in [-0.4, -0.2) is 36.0 Å². The predicted octanol–water partition coefficient (Wildman–Crippen LogP) is 5.98. The van der Waals surface area contributed by atoms with E-state index in [1.165, 1.54) is 11.7 Å². The molecule has 3 nitrogen and oxygen atoms in total. The Hall–Kier alpha value is -1.29. The monoisotopic (exact) mass is 406 g/mol. The van der Waals surface area contributed by atoms with Crippen molar-refractivity contribution >= 4 is 42.5 Å². The maximum absolute atomic E-state index is 12.5. The first-order valence-corrected chi connectivity index (χ1v) is 11.0. The minimum absolute atomic E-state index is 0.0353. The van der Waals surface area contributed by atoms with Crippen LogP contribution in [0.2, 0.25) is 10.0 Å². The summed E-state index contributed by atoms with van der Waals surface area (Å²) < 4.78 is 30.7. The molecule has 0 saturated carbocycles. The van der Waals surface area contributed by atoms with Crippen LogP contribution < -0.4 is 4.74 Å². The van der Waals surface area contributed by atoms with Crippen molar-refractivity contribution in [2.45, 2.75) is 13.5 Å². The van der Waals surface area contributed by atoms with E-state index >= 15 is 0 Å². The lowest BCUT2D eigenvalue weighted by molar-refractivity contribution is -0.0552. The Balaban J connectivity index is 2.57. The fourth-order valence-electron chi connectivity index (χ4n) is 2.22. The van der Waals surface area contributed by atoms with Crippen molar-refractivity contribution < 1.29 is 13.5 Å². The molecule has 0 radical (unpaired) electrons. The van der Waals surface area contributed by atoms with Gasteiger partial charge in [0.05, 0.1) is 0 Å². The fourth-order valence-corrected chi connectivity index (χ4v) is 3.37. The van der Waals surface area contributed by atoms with E-state index in [-0.39, 0.29) is 10.9 Å². The van der Waals surface area contributed by atoms with E-state index < -0.39 is 13.5 Å². The minimum Gasteiger partial charge on any atom is -0.416 e. The highest BCUT2D eigenvalue weighted by molar-refractivity contribution is 7.75. The second-order valence-corrected chi connectivity index (χ2v) is 10.9. The van der Waals surface area contributed by atoms with Crippen LogP contribution in [0.15, 0.2) is 17.9 Å². The highest BCUT2D eigenvalue weighted by Gasteiger charge is 2.21. The lowest BCUT2D eigenvalue weighted by atomic mass is 10.0. The number of aryl methyl sites for hydroxylation is 2. The maximum Gasteiger partial charge on any atom is 0.388 e. The van der Waals surface area contributed by atoms with Crippen molar-refractivity contribution in [2.75, 3.05) is 13.3 Å². The van der Waals surface area contributed by atoms with Crippen LogP contribution in [0.3, 0.4) is 0 Å². The van der Waals surface area contributed by atoms with Crippen molar-refractivity contribution in [3.05, 3.63) is 39.1 Å². The molecule has 1 heterocycles. The zero-order chi connectivity index (χ0) is 18.9. The molecule has 2 aromatic rings. The molecule has 136 valence electrons. The second-order valence-electron chi connectivity index (χ2n) is 6.25. The molecule has 0 bridgehead atoms. The number of halogens is 4. The Labute approximate surface area is 156 Å². The SMILES string of the molecule is C=P(C)(C)/C=C/c1cc(-c2nn(C)c(OC(F)F)c2Cl)c(C)cc1Cl. The first-order valence-electron chi connectivity index (χ1n) is 7.34. The maximum atomic E-state index is 12.5. The lowest BCUT2D eigenvalue weighted by Crippen LogP contribution is -2.06. The predicted molar refractivity (Wildman–Crippen MR) is 105 cm³/mol. The van der Waals surface area contributed by atoms with Gasteiger partial charge in [0.1, 0.15) is 10.7 Å². The smallest absolute Gasteiger partial charge is 0.388 e. The molecule has 0 aliphatic carbocycles. The van der Waals surface area contributed by atoms with Gasteiger partial charge in [0.2, 0.25) is 5.88 Å². The van der Waals surface area contributed by atoms with Gasteiger partial charge in [0.25, 0.3) is 0 Å². The number of nitrogens with zero attached hydrogens (tertiary/aromatic N) is 2. The minimum atomic E-state index is -2.98. The molecule has 25 heavy (non-hydrogen) atoms. The third kappa shape index (κ3) is 4.87. The molecule has 0 atom stereocenters. The average Bonchev–Trinajstić information content (AvgIpc) is 2.73. The van der Waals surface area contributed by atoms with Gasteiger partial charge in [-0.2, -0.15) is 13.9 Å². The van der Waals surface area contributed by atoms with E-state index in [0.717, 1.165) is 11.1 Å². The highest BCUT2D eigenvalue weighted by atomic mass is 35.5. The molecular weight excluding hydrogens is 388 g/mol. The number of hydrogen-bond acceptors (Lipinski definition) is 2. The first kappa shape index (κ1) is 20.0. The molecule has 0 amide bonds. The van der Waals surface area contributed by atoms with Crippen LogP contribution in [-0.2, 0) is 7.05 Å². The molecule has 8 heteroatoms. The van der Waals surface area contributed by atoms with Gasteiger partial charge in [0.15, 0.2) is 0 Å². The third-order valence-corrected chi connectivity index (χ3v) is 5.02. The van der Waals surface area contributed by atoms with Crippen LogP contribution in [0.4, 0.5) is 8.78 Å². The molecule has 0 aliphatic heterocycles. The number of ether oxygens (including phenoxy) is 1. The average molecular weight is 407 g/mol. The number of alkyl halides is 2. The molecular formula is C17H19Cl2F2N2OP. The van der Waals surface area contributed by atoms with Crippen molar-refractivity contribution in [3.63, 3.8) is 0 Å². The van der Waals surface area contributed by atoms with Crippen molar-refractivity contribution in [2.24, 2.45) is 7.05 Å². The van der Waals surface area contributed by atoms with Gasteiger partial charge in [-0.25, -0.2) is 4.68 Å². The first-order chi connectivity index (χ1) is 11.5. The van der Waals surface area contributed by atoms with Crippen LogP contribution in [0, 0.1) is 6.92 Å². The Morgan fingerprint density at radius 2 is 1.96 bits per heavy atom. The Bertz CT molecular complexity index is 872. The van der Waals surface area contributed by atoms with E-state index in [0.29, 0.717) is 16.3 Å². The fraction of sp³-hybridized carbons (Fsp3) is 0.294. The summed E-state index contributed by atoms with van der Waals surface area (Å²) in [7, 11) is 1.49. The number of aromatic nitrogens is 2. The zero-order valence-electron chi connectivity index (χ0n) is 14.4. The molecule has 1 aromatic carbocycles. The molecule has 0 fully saturated rings. The van der Waals surface area contributed by atoms with Crippen molar-refractivity contribution in [3.8, 4) is 17.1 Å². The van der Waals surface area contributed by atoms with Gasteiger partial charge < -0.3 is 4.74 Å². The second kappa shape index (κ2) is 7.53. The quantitative estimate of drug-likeness (QED) is 0.570. The topological polar surface area (TPSA) is 27.1 Å².